The molecule has 0 heterocycles. The first-order chi connectivity index (χ1) is 13.0. The van der Waals surface area contributed by atoms with Crippen LogP contribution < -0.4 is 15.5 Å². The van der Waals surface area contributed by atoms with Crippen molar-refractivity contribution in [2.75, 3.05) is 11.9 Å². The van der Waals surface area contributed by atoms with Gasteiger partial charge >= 0.3 is 11.8 Å². The van der Waals surface area contributed by atoms with Gasteiger partial charge in [-0.25, -0.2) is 5.43 Å². The lowest BCUT2D eigenvalue weighted by atomic mass is 10.2. The standard InChI is InChI=1S/C19H19Cl2N3O3/c1-2-3-11-27-14-9-7-13(8-10-14)23-18(25)19(26)24-22-12-15-16(20)5-4-6-17(15)21/h4-10,12H,2-3,11H2,1H3,(H,23,25)(H,24,26)/b22-12-. The van der Waals surface area contributed by atoms with Crippen molar-refractivity contribution in [3.8, 4) is 5.75 Å². The van der Waals surface area contributed by atoms with Gasteiger partial charge in [-0.05, 0) is 42.8 Å². The molecule has 142 valence electrons. The van der Waals surface area contributed by atoms with Crippen molar-refractivity contribution in [3.05, 3.63) is 58.1 Å². The number of rotatable bonds is 7. The zero-order valence-corrected chi connectivity index (χ0v) is 16.2. The highest BCUT2D eigenvalue weighted by molar-refractivity contribution is 6.40. The normalized spacial score (nSPS) is 10.6. The van der Waals surface area contributed by atoms with Gasteiger partial charge in [0.2, 0.25) is 0 Å². The largest absolute Gasteiger partial charge is 0.494 e. The summed E-state index contributed by atoms with van der Waals surface area (Å²) in [5, 5.41) is 6.94. The van der Waals surface area contributed by atoms with Gasteiger partial charge in [0.25, 0.3) is 0 Å². The highest BCUT2D eigenvalue weighted by atomic mass is 35.5. The van der Waals surface area contributed by atoms with Gasteiger partial charge in [-0.3, -0.25) is 9.59 Å². The number of unbranched alkanes of at least 4 members (excludes halogenated alkanes) is 1. The monoisotopic (exact) mass is 407 g/mol. The van der Waals surface area contributed by atoms with E-state index in [0.717, 1.165) is 12.8 Å². The molecule has 6 nitrogen and oxygen atoms in total. The van der Waals surface area contributed by atoms with Gasteiger partial charge in [0.1, 0.15) is 5.75 Å². The number of nitrogens with zero attached hydrogens (tertiary/aromatic N) is 1. The number of ether oxygens (including phenoxy) is 1. The number of hydrogen-bond donors (Lipinski definition) is 2. The Morgan fingerprint density at radius 2 is 1.74 bits per heavy atom. The molecular formula is C19H19Cl2N3O3. The maximum atomic E-state index is 11.9. The Labute approximate surface area is 167 Å². The Morgan fingerprint density at radius 1 is 1.07 bits per heavy atom. The van der Waals surface area contributed by atoms with E-state index < -0.39 is 11.8 Å². The second-order valence-corrected chi connectivity index (χ2v) is 6.33. The third-order valence-electron chi connectivity index (χ3n) is 3.44. The summed E-state index contributed by atoms with van der Waals surface area (Å²) in [5.41, 5.74) is 3.04. The van der Waals surface area contributed by atoms with E-state index in [-0.39, 0.29) is 0 Å². The number of halogens is 2. The van der Waals surface area contributed by atoms with Crippen LogP contribution >= 0.6 is 23.2 Å². The average Bonchev–Trinajstić information content (AvgIpc) is 2.65. The van der Waals surface area contributed by atoms with E-state index in [9.17, 15) is 9.59 Å². The van der Waals surface area contributed by atoms with E-state index in [1.165, 1.54) is 6.21 Å². The fraction of sp³-hybridized carbons (Fsp3) is 0.211. The minimum atomic E-state index is -0.919. The first-order valence-corrected chi connectivity index (χ1v) is 9.08. The highest BCUT2D eigenvalue weighted by Gasteiger charge is 2.13. The molecule has 2 rings (SSSR count). The first kappa shape index (κ1) is 20.7. The van der Waals surface area contributed by atoms with Crippen LogP contribution in [0.25, 0.3) is 0 Å². The van der Waals surface area contributed by atoms with E-state index in [1.807, 2.05) is 0 Å². The van der Waals surface area contributed by atoms with Crippen LogP contribution in [0.4, 0.5) is 5.69 Å². The van der Waals surface area contributed by atoms with Crippen molar-refractivity contribution in [1.82, 2.24) is 5.43 Å². The molecule has 8 heteroatoms. The Bertz CT molecular complexity index is 803. The number of carbonyl (C=O) groups is 2. The van der Waals surface area contributed by atoms with Crippen molar-refractivity contribution >= 4 is 46.9 Å². The van der Waals surface area contributed by atoms with Gasteiger partial charge in [0, 0.05) is 11.3 Å². The summed E-state index contributed by atoms with van der Waals surface area (Å²) in [4.78, 5) is 23.7. The van der Waals surface area contributed by atoms with Gasteiger partial charge in [-0.1, -0.05) is 42.6 Å². The lowest BCUT2D eigenvalue weighted by molar-refractivity contribution is -0.136. The highest BCUT2D eigenvalue weighted by Crippen LogP contribution is 2.22. The number of hydrogen-bond acceptors (Lipinski definition) is 4. The van der Waals surface area contributed by atoms with Crippen LogP contribution in [-0.4, -0.2) is 24.6 Å². The Hall–Kier alpha value is -2.57. The molecule has 0 atom stereocenters. The number of anilines is 1. The summed E-state index contributed by atoms with van der Waals surface area (Å²) >= 11 is 12.0. The van der Waals surface area contributed by atoms with Crippen LogP contribution in [0, 0.1) is 0 Å². The Balaban J connectivity index is 1.86. The summed E-state index contributed by atoms with van der Waals surface area (Å²) in [5.74, 6) is -1.07. The fourth-order valence-electron chi connectivity index (χ4n) is 2.00. The zero-order chi connectivity index (χ0) is 19.6. The molecule has 0 fully saturated rings. The molecule has 0 aliphatic heterocycles. The quantitative estimate of drug-likeness (QED) is 0.311. The van der Waals surface area contributed by atoms with Crippen molar-refractivity contribution < 1.29 is 14.3 Å². The molecule has 0 aliphatic carbocycles. The number of hydrazone groups is 1. The molecule has 0 spiro atoms. The summed E-state index contributed by atoms with van der Waals surface area (Å²) in [6, 6.07) is 11.7. The minimum Gasteiger partial charge on any atom is -0.494 e. The SMILES string of the molecule is CCCCOc1ccc(NC(=O)C(=O)N/N=C\c2c(Cl)cccc2Cl)cc1. The second-order valence-electron chi connectivity index (χ2n) is 5.51. The summed E-state index contributed by atoms with van der Waals surface area (Å²) < 4.78 is 5.54. The molecule has 27 heavy (non-hydrogen) atoms. The molecule has 0 saturated heterocycles. The molecule has 0 unspecified atom stereocenters. The molecule has 0 saturated carbocycles. The molecular weight excluding hydrogens is 389 g/mol. The van der Waals surface area contributed by atoms with Crippen molar-refractivity contribution in [3.63, 3.8) is 0 Å². The first-order valence-electron chi connectivity index (χ1n) is 8.32. The fourth-order valence-corrected chi connectivity index (χ4v) is 2.49. The summed E-state index contributed by atoms with van der Waals surface area (Å²) in [6.45, 7) is 2.72. The van der Waals surface area contributed by atoms with Gasteiger partial charge in [0.05, 0.1) is 22.9 Å². The number of benzene rings is 2. The van der Waals surface area contributed by atoms with Crippen LogP contribution in [0.5, 0.6) is 5.75 Å². The second kappa shape index (κ2) is 10.5. The molecule has 2 N–H and O–H groups in total. The third kappa shape index (κ3) is 6.58. The van der Waals surface area contributed by atoms with Crippen molar-refractivity contribution in [2.24, 2.45) is 5.10 Å². The minimum absolute atomic E-state index is 0.381. The van der Waals surface area contributed by atoms with E-state index in [2.05, 4.69) is 22.8 Å². The summed E-state index contributed by atoms with van der Waals surface area (Å²) in [7, 11) is 0. The molecule has 0 bridgehead atoms. The van der Waals surface area contributed by atoms with E-state index in [1.54, 1.807) is 42.5 Å². The predicted molar refractivity (Wildman–Crippen MR) is 108 cm³/mol. The van der Waals surface area contributed by atoms with E-state index >= 15 is 0 Å². The molecule has 2 aromatic carbocycles. The van der Waals surface area contributed by atoms with Gasteiger partial charge in [-0.2, -0.15) is 5.10 Å². The molecule has 2 aromatic rings. The smallest absolute Gasteiger partial charge is 0.329 e. The van der Waals surface area contributed by atoms with Crippen molar-refractivity contribution in [1.29, 1.82) is 0 Å². The van der Waals surface area contributed by atoms with Gasteiger partial charge in [-0.15, -0.1) is 0 Å². The lowest BCUT2D eigenvalue weighted by Crippen LogP contribution is -2.32. The average molecular weight is 408 g/mol. The summed E-state index contributed by atoms with van der Waals surface area (Å²) in [6.07, 6.45) is 3.30. The maximum absolute atomic E-state index is 11.9. The molecule has 0 aliphatic rings. The maximum Gasteiger partial charge on any atom is 0.329 e. The lowest BCUT2D eigenvalue weighted by Gasteiger charge is -2.07. The Morgan fingerprint density at radius 3 is 2.37 bits per heavy atom. The number of carbonyl (C=O) groups excluding carboxylic acids is 2. The van der Waals surface area contributed by atoms with Crippen LogP contribution in [0.1, 0.15) is 25.3 Å². The predicted octanol–water partition coefficient (Wildman–Crippen LogP) is 4.26. The number of amides is 2. The van der Waals surface area contributed by atoms with Crippen LogP contribution in [0.3, 0.4) is 0 Å². The molecule has 0 radical (unpaired) electrons. The van der Waals surface area contributed by atoms with E-state index in [0.29, 0.717) is 33.7 Å². The van der Waals surface area contributed by atoms with Crippen LogP contribution in [-0.2, 0) is 9.59 Å². The van der Waals surface area contributed by atoms with Gasteiger partial charge in [0.15, 0.2) is 0 Å². The van der Waals surface area contributed by atoms with Crippen LogP contribution in [0.2, 0.25) is 10.0 Å². The third-order valence-corrected chi connectivity index (χ3v) is 4.10. The van der Waals surface area contributed by atoms with E-state index in [4.69, 9.17) is 27.9 Å². The topological polar surface area (TPSA) is 79.8 Å². The zero-order valence-electron chi connectivity index (χ0n) is 14.7. The molecule has 2 amide bonds. The van der Waals surface area contributed by atoms with Crippen molar-refractivity contribution in [2.45, 2.75) is 19.8 Å². The molecule has 0 aromatic heterocycles. The Kier molecular flexibility index (Phi) is 8.10. The van der Waals surface area contributed by atoms with Crippen LogP contribution in [0.15, 0.2) is 47.6 Å². The van der Waals surface area contributed by atoms with Gasteiger partial charge < -0.3 is 10.1 Å². The number of nitrogens with one attached hydrogen (secondary N) is 2.